The lowest BCUT2D eigenvalue weighted by Gasteiger charge is -2.33. The van der Waals surface area contributed by atoms with Crippen molar-refractivity contribution in [2.24, 2.45) is 0 Å². The highest BCUT2D eigenvalue weighted by atomic mass is 35.5. The molecule has 1 amide bonds. The number of likely N-dealkylation sites (N-methyl/N-ethyl adjacent to an activating group) is 1. The zero-order valence-electron chi connectivity index (χ0n) is 21.8. The molecule has 0 fully saturated rings. The minimum atomic E-state index is -1.06. The molecule has 0 saturated heterocycles. The molecule has 210 valence electrons. The highest BCUT2D eigenvalue weighted by Gasteiger charge is 2.27. The predicted octanol–water partition coefficient (Wildman–Crippen LogP) is 4.15. The minimum Gasteiger partial charge on any atom is -0.465 e. The summed E-state index contributed by atoms with van der Waals surface area (Å²) in [6, 6.07) is 12.2. The molecule has 0 saturated carbocycles. The third kappa shape index (κ3) is 8.63. The van der Waals surface area contributed by atoms with Gasteiger partial charge < -0.3 is 29.5 Å². The average molecular weight is 578 g/mol. The van der Waals surface area contributed by atoms with Gasteiger partial charge in [0.1, 0.15) is 5.69 Å². The number of halogens is 2. The van der Waals surface area contributed by atoms with Crippen molar-refractivity contribution < 1.29 is 24.1 Å². The van der Waals surface area contributed by atoms with Gasteiger partial charge in [0, 0.05) is 41.2 Å². The molecule has 12 heteroatoms. The van der Waals surface area contributed by atoms with Crippen molar-refractivity contribution in [1.82, 2.24) is 25.2 Å². The summed E-state index contributed by atoms with van der Waals surface area (Å²) >= 11 is 12.9. The Labute approximate surface area is 237 Å². The van der Waals surface area contributed by atoms with Crippen LogP contribution >= 0.6 is 23.2 Å². The van der Waals surface area contributed by atoms with Gasteiger partial charge in [-0.25, -0.2) is 9.48 Å². The number of rotatable bonds is 14. The van der Waals surface area contributed by atoms with E-state index in [1.54, 1.807) is 4.68 Å². The molecule has 0 spiro atoms. The van der Waals surface area contributed by atoms with Gasteiger partial charge in [0.15, 0.2) is 0 Å². The number of carbonyl (C=O) groups is 1. The van der Waals surface area contributed by atoms with Crippen LogP contribution in [-0.4, -0.2) is 90.9 Å². The predicted molar refractivity (Wildman–Crippen MR) is 149 cm³/mol. The van der Waals surface area contributed by atoms with Crippen LogP contribution in [0.5, 0.6) is 0 Å². The van der Waals surface area contributed by atoms with Crippen molar-refractivity contribution in [1.29, 1.82) is 0 Å². The fourth-order valence-corrected chi connectivity index (χ4v) is 5.08. The van der Waals surface area contributed by atoms with Gasteiger partial charge in [-0.2, -0.15) is 0 Å². The number of amides is 1. The molecule has 0 bridgehead atoms. The first-order valence-electron chi connectivity index (χ1n) is 12.8. The van der Waals surface area contributed by atoms with Gasteiger partial charge in [0.25, 0.3) is 0 Å². The molecule has 1 aliphatic heterocycles. The Morgan fingerprint density at radius 2 is 1.82 bits per heavy atom. The van der Waals surface area contributed by atoms with E-state index in [1.165, 1.54) is 11.1 Å². The number of fused-ring (bicyclic) bond motifs is 1. The second-order valence-electron chi connectivity index (χ2n) is 9.27. The van der Waals surface area contributed by atoms with Gasteiger partial charge in [-0.05, 0) is 41.9 Å². The molecule has 1 aromatic heterocycles. The first-order valence-corrected chi connectivity index (χ1v) is 13.5. The van der Waals surface area contributed by atoms with Gasteiger partial charge in [0.05, 0.1) is 52.4 Å². The Morgan fingerprint density at radius 3 is 2.59 bits per heavy atom. The number of ether oxygens (including phenoxy) is 3. The van der Waals surface area contributed by atoms with Crippen LogP contribution in [0.1, 0.15) is 22.6 Å². The number of hydrogen-bond donors (Lipinski definition) is 2. The van der Waals surface area contributed by atoms with E-state index < -0.39 is 6.09 Å². The number of carboxylic acid groups (broad SMARTS) is 1. The van der Waals surface area contributed by atoms with E-state index in [0.717, 1.165) is 29.9 Å². The first kappa shape index (κ1) is 29.3. The van der Waals surface area contributed by atoms with Crippen molar-refractivity contribution in [2.75, 3.05) is 59.8 Å². The summed E-state index contributed by atoms with van der Waals surface area (Å²) < 4.78 is 18.1. The summed E-state index contributed by atoms with van der Waals surface area (Å²) in [4.78, 5) is 12.6. The molecule has 0 unspecified atom stereocenters. The number of aromatic nitrogens is 3. The molecular weight excluding hydrogens is 545 g/mol. The van der Waals surface area contributed by atoms with Gasteiger partial charge in [0.2, 0.25) is 0 Å². The van der Waals surface area contributed by atoms with E-state index in [0.29, 0.717) is 56.2 Å². The van der Waals surface area contributed by atoms with Gasteiger partial charge >= 0.3 is 6.09 Å². The maximum atomic E-state index is 10.3. The largest absolute Gasteiger partial charge is 0.465 e. The topological polar surface area (TPSA) is 111 Å². The van der Waals surface area contributed by atoms with E-state index in [1.807, 2.05) is 30.5 Å². The maximum absolute atomic E-state index is 10.3. The third-order valence-corrected chi connectivity index (χ3v) is 6.90. The SMILES string of the molecule is CN1Cc2c(Cl)cc(Cl)cc2[C@H](c2cccc(-c3cn(CCOCCOCCOCCNC(=O)O)nn3)c2)C1. The summed E-state index contributed by atoms with van der Waals surface area (Å²) in [5.41, 5.74) is 5.27. The van der Waals surface area contributed by atoms with Crippen LogP contribution in [0.15, 0.2) is 42.6 Å². The van der Waals surface area contributed by atoms with E-state index in [-0.39, 0.29) is 12.5 Å². The lowest BCUT2D eigenvalue weighted by Crippen LogP contribution is -2.31. The monoisotopic (exact) mass is 577 g/mol. The van der Waals surface area contributed by atoms with Gasteiger partial charge in [-0.15, -0.1) is 5.10 Å². The second-order valence-corrected chi connectivity index (χ2v) is 10.1. The molecule has 0 radical (unpaired) electrons. The van der Waals surface area contributed by atoms with Gasteiger partial charge in [-0.3, -0.25) is 0 Å². The van der Waals surface area contributed by atoms with E-state index in [4.69, 9.17) is 42.5 Å². The van der Waals surface area contributed by atoms with Crippen LogP contribution in [0.25, 0.3) is 11.3 Å². The Hall–Kier alpha value is -2.73. The highest BCUT2D eigenvalue weighted by molar-refractivity contribution is 6.35. The third-order valence-electron chi connectivity index (χ3n) is 6.35. The molecule has 1 atom stereocenters. The summed E-state index contributed by atoms with van der Waals surface area (Å²) in [6.07, 6.45) is 0.861. The molecule has 3 aromatic rings. The lowest BCUT2D eigenvalue weighted by atomic mass is 9.84. The molecule has 2 aromatic carbocycles. The Kier molecular flexibility index (Phi) is 11.0. The smallest absolute Gasteiger partial charge is 0.404 e. The summed E-state index contributed by atoms with van der Waals surface area (Å²) in [7, 11) is 2.10. The molecule has 39 heavy (non-hydrogen) atoms. The van der Waals surface area contributed by atoms with Crippen LogP contribution in [0.4, 0.5) is 4.79 Å². The molecule has 0 aliphatic carbocycles. The fraction of sp³-hybridized carbons (Fsp3) is 0.444. The molecular formula is C27H33Cl2N5O5. The number of nitrogens with zero attached hydrogens (tertiary/aromatic N) is 4. The number of hydrogen-bond acceptors (Lipinski definition) is 7. The minimum absolute atomic E-state index is 0.154. The van der Waals surface area contributed by atoms with Crippen LogP contribution in [0.2, 0.25) is 10.0 Å². The van der Waals surface area contributed by atoms with Crippen molar-refractivity contribution in [3.8, 4) is 11.3 Å². The average Bonchev–Trinajstić information content (AvgIpc) is 3.38. The van der Waals surface area contributed by atoms with E-state index >= 15 is 0 Å². The van der Waals surface area contributed by atoms with Crippen molar-refractivity contribution in [2.45, 2.75) is 19.0 Å². The van der Waals surface area contributed by atoms with Crippen molar-refractivity contribution in [3.05, 3.63) is 69.3 Å². The normalized spacial score (nSPS) is 15.3. The molecule has 4 rings (SSSR count). The van der Waals surface area contributed by atoms with Crippen molar-refractivity contribution in [3.63, 3.8) is 0 Å². The maximum Gasteiger partial charge on any atom is 0.404 e. The number of nitrogens with one attached hydrogen (secondary N) is 1. The highest BCUT2D eigenvalue weighted by Crippen LogP contribution is 2.39. The Morgan fingerprint density at radius 1 is 1.08 bits per heavy atom. The van der Waals surface area contributed by atoms with Gasteiger partial charge in [-0.1, -0.05) is 46.6 Å². The van der Waals surface area contributed by atoms with Crippen LogP contribution in [0.3, 0.4) is 0 Å². The zero-order valence-corrected chi connectivity index (χ0v) is 23.3. The van der Waals surface area contributed by atoms with E-state index in [2.05, 4.69) is 39.7 Å². The Bertz CT molecular complexity index is 1240. The van der Waals surface area contributed by atoms with Crippen LogP contribution in [-0.2, 0) is 27.3 Å². The van der Waals surface area contributed by atoms with Crippen LogP contribution in [0, 0.1) is 0 Å². The van der Waals surface area contributed by atoms with E-state index in [9.17, 15) is 4.79 Å². The number of benzene rings is 2. The molecule has 10 nitrogen and oxygen atoms in total. The lowest BCUT2D eigenvalue weighted by molar-refractivity contribution is 0.0134. The summed E-state index contributed by atoms with van der Waals surface area (Å²) in [5.74, 6) is 0.154. The molecule has 1 aliphatic rings. The van der Waals surface area contributed by atoms with Crippen LogP contribution < -0.4 is 5.32 Å². The fourth-order valence-electron chi connectivity index (χ4n) is 4.52. The molecule has 2 heterocycles. The summed E-state index contributed by atoms with van der Waals surface area (Å²) in [5, 5.41) is 20.7. The molecule has 2 N–H and O–H groups in total. The standard InChI is InChI=1S/C27H33Cl2N5O5/c1-33-16-23(22-14-21(28)15-25(29)24(22)17-33)19-3-2-4-20(13-19)26-18-34(32-31-26)6-8-38-10-12-39-11-9-37-7-5-30-27(35)36/h2-4,13-15,18,23,30H,5-12,16-17H2,1H3,(H,35,36)/t23-/m0/s1. The summed E-state index contributed by atoms with van der Waals surface area (Å²) in [6.45, 7) is 5.01. The Balaban J connectivity index is 1.23. The second kappa shape index (κ2) is 14.6. The zero-order chi connectivity index (χ0) is 27.6. The quantitative estimate of drug-likeness (QED) is 0.275. The first-order chi connectivity index (χ1) is 18.9. The van der Waals surface area contributed by atoms with Crippen molar-refractivity contribution >= 4 is 29.3 Å².